The third-order valence-electron chi connectivity index (χ3n) is 4.12. The lowest BCUT2D eigenvalue weighted by molar-refractivity contribution is 0.217. The number of rotatable bonds is 6. The number of pyridine rings is 1. The molecule has 1 aromatic heterocycles. The second-order valence-corrected chi connectivity index (χ2v) is 5.60. The lowest BCUT2D eigenvalue weighted by Crippen LogP contribution is -2.46. The van der Waals surface area contributed by atoms with Crippen molar-refractivity contribution in [2.45, 2.75) is 44.6 Å². The number of hydrogen-bond acceptors (Lipinski definition) is 3. The van der Waals surface area contributed by atoms with Crippen LogP contribution in [0, 0.1) is 5.92 Å². The highest BCUT2D eigenvalue weighted by atomic mass is 16.5. The van der Waals surface area contributed by atoms with Crippen molar-refractivity contribution in [1.29, 1.82) is 0 Å². The first-order valence-electron chi connectivity index (χ1n) is 7.18. The van der Waals surface area contributed by atoms with Gasteiger partial charge in [0.05, 0.1) is 6.20 Å². The van der Waals surface area contributed by atoms with E-state index >= 15 is 0 Å². The molecule has 3 rings (SSSR count). The van der Waals surface area contributed by atoms with Crippen LogP contribution in [0.15, 0.2) is 18.5 Å². The summed E-state index contributed by atoms with van der Waals surface area (Å²) in [5.74, 6) is 2.56. The van der Waals surface area contributed by atoms with Crippen molar-refractivity contribution in [3.8, 4) is 5.75 Å². The maximum Gasteiger partial charge on any atom is 0.137 e. The monoisotopic (exact) mass is 246 g/mol. The Morgan fingerprint density at radius 2 is 2.33 bits per heavy atom. The first-order valence-corrected chi connectivity index (χ1v) is 7.18. The fraction of sp³-hybridized carbons (Fsp3) is 0.667. The average molecular weight is 246 g/mol. The van der Waals surface area contributed by atoms with Crippen molar-refractivity contribution in [3.05, 3.63) is 24.0 Å². The van der Waals surface area contributed by atoms with E-state index < -0.39 is 0 Å². The number of nitrogens with zero attached hydrogens (tertiary/aromatic N) is 1. The van der Waals surface area contributed by atoms with Crippen molar-refractivity contribution in [1.82, 2.24) is 10.3 Å². The molecular formula is C15H22N2O. The van der Waals surface area contributed by atoms with E-state index in [1.54, 1.807) is 0 Å². The van der Waals surface area contributed by atoms with E-state index in [4.69, 9.17) is 4.74 Å². The topological polar surface area (TPSA) is 34.1 Å². The van der Waals surface area contributed by atoms with Gasteiger partial charge in [-0.2, -0.15) is 0 Å². The predicted molar refractivity (Wildman–Crippen MR) is 71.9 cm³/mol. The van der Waals surface area contributed by atoms with Gasteiger partial charge in [-0.15, -0.1) is 0 Å². The van der Waals surface area contributed by atoms with E-state index in [2.05, 4.69) is 23.3 Å². The average Bonchev–Trinajstić information content (AvgIpc) is 3.07. The molecule has 0 spiro atoms. The third kappa shape index (κ3) is 2.66. The molecule has 1 aliphatic heterocycles. The second-order valence-electron chi connectivity index (χ2n) is 5.60. The molecule has 2 aliphatic rings. The molecule has 0 amide bonds. The van der Waals surface area contributed by atoms with Crippen LogP contribution in [0.2, 0.25) is 0 Å². The molecule has 2 heterocycles. The molecule has 0 unspecified atom stereocenters. The largest absolute Gasteiger partial charge is 0.490 e. The summed E-state index contributed by atoms with van der Waals surface area (Å²) in [6.07, 6.45) is 9.05. The lowest BCUT2D eigenvalue weighted by Gasteiger charge is -2.27. The number of ether oxygens (including phenoxy) is 1. The van der Waals surface area contributed by atoms with E-state index in [1.165, 1.54) is 31.2 Å². The Kier molecular flexibility index (Phi) is 3.50. The highest BCUT2D eigenvalue weighted by Gasteiger charge is 2.37. The minimum absolute atomic E-state index is 0.544. The first kappa shape index (κ1) is 12.0. The highest BCUT2D eigenvalue weighted by molar-refractivity contribution is 5.30. The zero-order valence-corrected chi connectivity index (χ0v) is 11.1. The second kappa shape index (κ2) is 5.27. The van der Waals surface area contributed by atoms with Gasteiger partial charge in [0, 0.05) is 12.2 Å². The summed E-state index contributed by atoms with van der Waals surface area (Å²) >= 11 is 0. The standard InChI is InChI=1S/C15H22N2O/c1-2-3-11-7-15(11)12-6-14(9-16-8-12)18-10-13-4-5-17-13/h6,8-9,11,13,15,17H,2-5,7,10H2,1H3/t11-,13+,15-/m1/s1. The Morgan fingerprint density at radius 1 is 1.44 bits per heavy atom. The van der Waals surface area contributed by atoms with Gasteiger partial charge in [0.25, 0.3) is 0 Å². The van der Waals surface area contributed by atoms with Gasteiger partial charge in [-0.05, 0) is 42.9 Å². The fourth-order valence-electron chi connectivity index (χ4n) is 2.75. The SMILES string of the molecule is CCC[C@@H]1C[C@H]1c1cncc(OC[C@@H]2CCN2)c1. The molecule has 1 saturated carbocycles. The molecule has 98 valence electrons. The Balaban J connectivity index is 1.55. The Labute approximate surface area is 109 Å². The smallest absolute Gasteiger partial charge is 0.137 e. The molecule has 2 fully saturated rings. The van der Waals surface area contributed by atoms with Gasteiger partial charge >= 0.3 is 0 Å². The molecule has 0 radical (unpaired) electrons. The summed E-state index contributed by atoms with van der Waals surface area (Å²) in [5, 5.41) is 3.34. The summed E-state index contributed by atoms with van der Waals surface area (Å²) in [7, 11) is 0. The molecular weight excluding hydrogens is 224 g/mol. The summed E-state index contributed by atoms with van der Waals surface area (Å²) < 4.78 is 5.80. The molecule has 1 aromatic rings. The predicted octanol–water partition coefficient (Wildman–Crippen LogP) is 2.73. The van der Waals surface area contributed by atoms with E-state index in [0.29, 0.717) is 6.04 Å². The highest BCUT2D eigenvalue weighted by Crippen LogP contribution is 2.50. The van der Waals surface area contributed by atoms with Gasteiger partial charge in [0.2, 0.25) is 0 Å². The third-order valence-corrected chi connectivity index (χ3v) is 4.12. The number of aromatic nitrogens is 1. The summed E-state index contributed by atoms with van der Waals surface area (Å²) in [6.45, 7) is 4.17. The van der Waals surface area contributed by atoms with Crippen LogP contribution < -0.4 is 10.1 Å². The van der Waals surface area contributed by atoms with Crippen molar-refractivity contribution in [2.24, 2.45) is 5.92 Å². The Hall–Kier alpha value is -1.09. The fourth-order valence-corrected chi connectivity index (χ4v) is 2.75. The van der Waals surface area contributed by atoms with E-state index in [0.717, 1.165) is 30.7 Å². The molecule has 0 bridgehead atoms. The van der Waals surface area contributed by atoms with Gasteiger partial charge in [-0.1, -0.05) is 19.8 Å². The zero-order valence-electron chi connectivity index (χ0n) is 11.1. The van der Waals surface area contributed by atoms with Crippen LogP contribution in [-0.2, 0) is 0 Å². The molecule has 3 atom stereocenters. The van der Waals surface area contributed by atoms with Crippen molar-refractivity contribution >= 4 is 0 Å². The minimum atomic E-state index is 0.544. The molecule has 1 saturated heterocycles. The molecule has 3 heteroatoms. The van der Waals surface area contributed by atoms with Crippen LogP contribution in [0.5, 0.6) is 5.75 Å². The molecule has 18 heavy (non-hydrogen) atoms. The first-order chi connectivity index (χ1) is 8.86. The van der Waals surface area contributed by atoms with Crippen molar-refractivity contribution < 1.29 is 4.74 Å². The van der Waals surface area contributed by atoms with Crippen LogP contribution in [0.1, 0.15) is 44.1 Å². The van der Waals surface area contributed by atoms with Crippen molar-refractivity contribution in [3.63, 3.8) is 0 Å². The van der Waals surface area contributed by atoms with E-state index in [1.807, 2.05) is 12.4 Å². The van der Waals surface area contributed by atoms with Gasteiger partial charge < -0.3 is 10.1 Å². The van der Waals surface area contributed by atoms with Crippen LogP contribution in [-0.4, -0.2) is 24.2 Å². The summed E-state index contributed by atoms with van der Waals surface area (Å²) in [4.78, 5) is 4.32. The molecule has 0 aromatic carbocycles. The molecule has 1 N–H and O–H groups in total. The van der Waals surface area contributed by atoms with Crippen LogP contribution >= 0.6 is 0 Å². The zero-order chi connectivity index (χ0) is 12.4. The summed E-state index contributed by atoms with van der Waals surface area (Å²) in [5.41, 5.74) is 1.37. The van der Waals surface area contributed by atoms with Gasteiger partial charge in [0.15, 0.2) is 0 Å². The number of hydrogen-bond donors (Lipinski definition) is 1. The van der Waals surface area contributed by atoms with Crippen LogP contribution in [0.25, 0.3) is 0 Å². The maximum absolute atomic E-state index is 5.80. The minimum Gasteiger partial charge on any atom is -0.490 e. The van der Waals surface area contributed by atoms with Crippen LogP contribution in [0.3, 0.4) is 0 Å². The Bertz CT molecular complexity index is 403. The maximum atomic E-state index is 5.80. The Morgan fingerprint density at radius 3 is 3.06 bits per heavy atom. The lowest BCUT2D eigenvalue weighted by atomic mass is 10.1. The molecule has 3 nitrogen and oxygen atoms in total. The molecule has 1 aliphatic carbocycles. The van der Waals surface area contributed by atoms with Gasteiger partial charge in [-0.3, -0.25) is 4.98 Å². The van der Waals surface area contributed by atoms with Gasteiger partial charge in [-0.25, -0.2) is 0 Å². The van der Waals surface area contributed by atoms with E-state index in [9.17, 15) is 0 Å². The van der Waals surface area contributed by atoms with Gasteiger partial charge in [0.1, 0.15) is 12.4 Å². The number of nitrogens with one attached hydrogen (secondary N) is 1. The van der Waals surface area contributed by atoms with Crippen molar-refractivity contribution in [2.75, 3.05) is 13.2 Å². The van der Waals surface area contributed by atoms with E-state index in [-0.39, 0.29) is 0 Å². The summed E-state index contributed by atoms with van der Waals surface area (Å²) in [6, 6.07) is 2.73. The normalized spacial score (nSPS) is 29.7. The quantitative estimate of drug-likeness (QED) is 0.838. The van der Waals surface area contributed by atoms with Crippen LogP contribution in [0.4, 0.5) is 0 Å².